The van der Waals surface area contributed by atoms with E-state index in [1.165, 1.54) is 0 Å². The highest BCUT2D eigenvalue weighted by Crippen LogP contribution is 2.43. The van der Waals surface area contributed by atoms with E-state index in [1.807, 2.05) is 13.0 Å². The number of carbonyl (C=O) groups excluding carboxylic acids is 1. The summed E-state index contributed by atoms with van der Waals surface area (Å²) in [6, 6.07) is 8.00. The molecule has 1 aromatic rings. The van der Waals surface area contributed by atoms with Gasteiger partial charge in [-0.15, -0.1) is 0 Å². The van der Waals surface area contributed by atoms with Crippen LogP contribution in [0.2, 0.25) is 0 Å². The summed E-state index contributed by atoms with van der Waals surface area (Å²) in [4.78, 5) is 11.8. The maximum Gasteiger partial charge on any atom is 0.342 e. The average molecular weight is 358 g/mol. The Bertz CT molecular complexity index is 541. The van der Waals surface area contributed by atoms with Gasteiger partial charge < -0.3 is 19.3 Å². The molecule has 0 aliphatic carbocycles. The van der Waals surface area contributed by atoms with Crippen molar-refractivity contribution >= 4 is 13.5 Å². The Hall–Kier alpha value is -1.40. The van der Waals surface area contributed by atoms with Gasteiger partial charge in [0.1, 0.15) is 18.1 Å². The minimum atomic E-state index is -3.45. The lowest BCUT2D eigenvalue weighted by molar-refractivity contribution is -0.144. The van der Waals surface area contributed by atoms with Crippen molar-refractivity contribution in [1.82, 2.24) is 10.4 Å². The van der Waals surface area contributed by atoms with Gasteiger partial charge in [-0.05, 0) is 40.0 Å². The van der Waals surface area contributed by atoms with Crippen LogP contribution >= 0.6 is 7.52 Å². The fourth-order valence-electron chi connectivity index (χ4n) is 1.93. The summed E-state index contributed by atoms with van der Waals surface area (Å²) in [5.41, 5.74) is 0. The molecule has 0 bridgehead atoms. The van der Waals surface area contributed by atoms with Crippen LogP contribution < -0.4 is 14.9 Å². The molecule has 1 rings (SSSR count). The summed E-state index contributed by atoms with van der Waals surface area (Å²) in [6.45, 7) is 6.02. The van der Waals surface area contributed by atoms with Crippen LogP contribution in [-0.2, 0) is 18.8 Å². The highest BCUT2D eigenvalue weighted by Gasteiger charge is 2.31. The number of benzene rings is 1. The van der Waals surface area contributed by atoms with Crippen molar-refractivity contribution in [2.75, 3.05) is 26.5 Å². The molecule has 0 spiro atoms. The van der Waals surface area contributed by atoms with Gasteiger partial charge in [0.15, 0.2) is 0 Å². The molecule has 2 N–H and O–H groups in total. The topological polar surface area (TPSA) is 85.9 Å². The van der Waals surface area contributed by atoms with E-state index in [0.29, 0.717) is 12.3 Å². The lowest BCUT2D eigenvalue weighted by Gasteiger charge is -2.24. The minimum Gasteiger partial charge on any atom is -0.465 e. The Morgan fingerprint density at radius 1 is 1.25 bits per heavy atom. The molecule has 0 amide bonds. The van der Waals surface area contributed by atoms with Crippen LogP contribution in [0.3, 0.4) is 0 Å². The summed E-state index contributed by atoms with van der Waals surface area (Å²) < 4.78 is 29.3. The molecule has 3 atom stereocenters. The fourth-order valence-corrected chi connectivity index (χ4v) is 3.72. The van der Waals surface area contributed by atoms with Crippen LogP contribution in [0.15, 0.2) is 30.3 Å². The van der Waals surface area contributed by atoms with Crippen molar-refractivity contribution in [3.05, 3.63) is 30.3 Å². The minimum absolute atomic E-state index is 0.151. The lowest BCUT2D eigenvalue weighted by Crippen LogP contribution is -2.36. The summed E-state index contributed by atoms with van der Waals surface area (Å²) in [5, 5.41) is 5.72. The maximum absolute atomic E-state index is 13.1. The number of para-hydroxylation sites is 1. The molecule has 7 nitrogen and oxygen atoms in total. The van der Waals surface area contributed by atoms with Gasteiger partial charge >= 0.3 is 13.5 Å². The van der Waals surface area contributed by atoms with E-state index in [0.717, 1.165) is 0 Å². The molecule has 0 fully saturated rings. The van der Waals surface area contributed by atoms with Gasteiger partial charge in [0.05, 0.1) is 12.7 Å². The van der Waals surface area contributed by atoms with Crippen LogP contribution in [-0.4, -0.2) is 44.7 Å². The quantitative estimate of drug-likeness (QED) is 0.464. The highest BCUT2D eigenvalue weighted by atomic mass is 31.2. The highest BCUT2D eigenvalue weighted by molar-refractivity contribution is 7.57. The summed E-state index contributed by atoms with van der Waals surface area (Å²) >= 11 is 0. The number of nitrogens with one attached hydrogen (secondary N) is 2. The molecule has 0 aromatic heterocycles. The zero-order valence-corrected chi connectivity index (χ0v) is 15.5. The van der Waals surface area contributed by atoms with Crippen LogP contribution in [0, 0.1) is 0 Å². The second kappa shape index (κ2) is 10.5. The summed E-state index contributed by atoms with van der Waals surface area (Å²) in [5.74, 6) is -0.0491. The third-order valence-electron chi connectivity index (χ3n) is 3.05. The Morgan fingerprint density at radius 2 is 1.92 bits per heavy atom. The monoisotopic (exact) mass is 358 g/mol. The van der Waals surface area contributed by atoms with Crippen molar-refractivity contribution < 1.29 is 23.4 Å². The zero-order valence-electron chi connectivity index (χ0n) is 14.7. The molecule has 24 heavy (non-hydrogen) atoms. The largest absolute Gasteiger partial charge is 0.465 e. The van der Waals surface area contributed by atoms with Gasteiger partial charge in [0.25, 0.3) is 0 Å². The number of likely N-dealkylation sites (N-methyl/N-ethyl adjacent to an activating group) is 1. The van der Waals surface area contributed by atoms with Gasteiger partial charge in [-0.1, -0.05) is 18.2 Å². The van der Waals surface area contributed by atoms with Crippen molar-refractivity contribution in [3.63, 3.8) is 0 Å². The van der Waals surface area contributed by atoms with Gasteiger partial charge in [-0.2, -0.15) is 0 Å². The Kier molecular flexibility index (Phi) is 9.00. The standard InChI is InChI=1S/C16H27N2O5P/c1-5-21-16(19)14(3)18-24(20,12-22-13(2)11-17-4)23-15-9-7-6-8-10-15/h6-10,13-14,17H,5,11-12H2,1-4H3,(H,18,20)/t13-,14-,24?/m1/s1. The lowest BCUT2D eigenvalue weighted by atomic mass is 10.3. The number of carbonyl (C=O) groups is 1. The van der Waals surface area contributed by atoms with Crippen LogP contribution in [0.1, 0.15) is 20.8 Å². The van der Waals surface area contributed by atoms with Crippen molar-refractivity contribution in [1.29, 1.82) is 0 Å². The predicted octanol–water partition coefficient (Wildman–Crippen LogP) is 2.38. The molecule has 0 saturated heterocycles. The number of esters is 1. The van der Waals surface area contributed by atoms with E-state index < -0.39 is 19.5 Å². The smallest absolute Gasteiger partial charge is 0.342 e. The third-order valence-corrected chi connectivity index (χ3v) is 4.82. The molecule has 0 radical (unpaired) electrons. The molecular weight excluding hydrogens is 331 g/mol. The molecule has 1 unspecified atom stereocenters. The molecule has 0 aliphatic rings. The van der Waals surface area contributed by atoms with Crippen molar-refractivity contribution in [2.45, 2.75) is 32.9 Å². The van der Waals surface area contributed by atoms with Crippen LogP contribution in [0.25, 0.3) is 0 Å². The van der Waals surface area contributed by atoms with Gasteiger partial charge in [0.2, 0.25) is 0 Å². The first-order valence-corrected chi connectivity index (χ1v) is 9.75. The number of hydrogen-bond donors (Lipinski definition) is 2. The first kappa shape index (κ1) is 20.6. The second-order valence-corrected chi connectivity index (χ2v) is 7.39. The summed E-state index contributed by atoms with van der Waals surface area (Å²) in [6.07, 6.45) is -0.309. The number of ether oxygens (including phenoxy) is 2. The van der Waals surface area contributed by atoms with E-state index in [9.17, 15) is 9.36 Å². The van der Waals surface area contributed by atoms with E-state index in [1.54, 1.807) is 45.2 Å². The molecule has 0 heterocycles. The first-order chi connectivity index (χ1) is 11.4. The van der Waals surface area contributed by atoms with E-state index in [-0.39, 0.29) is 19.1 Å². The Labute approximate surface area is 143 Å². The van der Waals surface area contributed by atoms with Crippen LogP contribution in [0.5, 0.6) is 5.75 Å². The normalized spacial score (nSPS) is 16.0. The van der Waals surface area contributed by atoms with E-state index in [2.05, 4.69) is 10.4 Å². The van der Waals surface area contributed by atoms with Crippen LogP contribution in [0.4, 0.5) is 0 Å². The fraction of sp³-hybridized carbons (Fsp3) is 0.562. The van der Waals surface area contributed by atoms with Crippen molar-refractivity contribution in [3.8, 4) is 5.75 Å². The second-order valence-electron chi connectivity index (χ2n) is 5.34. The third kappa shape index (κ3) is 7.45. The Balaban J connectivity index is 2.81. The molecule has 1 aromatic carbocycles. The van der Waals surface area contributed by atoms with E-state index in [4.69, 9.17) is 14.0 Å². The molecule has 0 saturated carbocycles. The first-order valence-electron chi connectivity index (χ1n) is 7.94. The molecule has 136 valence electrons. The molecular formula is C16H27N2O5P. The Morgan fingerprint density at radius 3 is 2.50 bits per heavy atom. The van der Waals surface area contributed by atoms with Gasteiger partial charge in [0, 0.05) is 6.54 Å². The number of rotatable bonds is 11. The number of hydrogen-bond acceptors (Lipinski definition) is 6. The molecule has 8 heteroatoms. The average Bonchev–Trinajstić information content (AvgIpc) is 2.54. The van der Waals surface area contributed by atoms with Gasteiger partial charge in [-0.25, -0.2) is 5.09 Å². The SMILES string of the molecule is CCOC(=O)[C@@H](C)NP(=O)(CO[C@H](C)CNC)Oc1ccccc1. The van der Waals surface area contributed by atoms with Gasteiger partial charge in [-0.3, -0.25) is 9.36 Å². The zero-order chi connectivity index (χ0) is 18.0. The summed E-state index contributed by atoms with van der Waals surface area (Å²) in [7, 11) is -1.65. The van der Waals surface area contributed by atoms with Crippen molar-refractivity contribution in [2.24, 2.45) is 0 Å². The predicted molar refractivity (Wildman–Crippen MR) is 93.2 cm³/mol. The van der Waals surface area contributed by atoms with E-state index >= 15 is 0 Å². The maximum atomic E-state index is 13.1. The molecule has 0 aliphatic heterocycles.